The summed E-state index contributed by atoms with van der Waals surface area (Å²) >= 11 is 11.9. The van der Waals surface area contributed by atoms with E-state index in [-0.39, 0.29) is 17.6 Å². The standard InChI is InChI=1S/C22H21Cl2N5O2/c1-13(25)29(2)17-7-3-14(4-8-17)21(30)27-19-9-5-15(23)11-18(19)22(31)28-20-10-6-16(24)12-26-20/h3-13H,25H2,1-2H3,(H,27,30)(H,26,28,31). The van der Waals surface area contributed by atoms with Gasteiger partial charge >= 0.3 is 0 Å². The molecule has 0 bridgehead atoms. The predicted molar refractivity (Wildman–Crippen MR) is 125 cm³/mol. The van der Waals surface area contributed by atoms with E-state index in [2.05, 4.69) is 15.6 Å². The fraction of sp³-hybridized carbons (Fsp3) is 0.136. The lowest BCUT2D eigenvalue weighted by Crippen LogP contribution is -2.36. The van der Waals surface area contributed by atoms with Gasteiger partial charge in [-0.15, -0.1) is 0 Å². The lowest BCUT2D eigenvalue weighted by Gasteiger charge is -2.23. The van der Waals surface area contributed by atoms with Gasteiger partial charge in [0.15, 0.2) is 0 Å². The van der Waals surface area contributed by atoms with Crippen LogP contribution in [0.5, 0.6) is 0 Å². The molecular weight excluding hydrogens is 437 g/mol. The summed E-state index contributed by atoms with van der Waals surface area (Å²) in [5.74, 6) is -0.516. The van der Waals surface area contributed by atoms with Gasteiger partial charge in [0, 0.05) is 29.5 Å². The van der Waals surface area contributed by atoms with Crippen molar-refractivity contribution in [1.29, 1.82) is 0 Å². The van der Waals surface area contributed by atoms with Crippen LogP contribution in [-0.2, 0) is 0 Å². The molecule has 160 valence electrons. The molecule has 0 spiro atoms. The molecular formula is C22H21Cl2N5O2. The van der Waals surface area contributed by atoms with Gasteiger partial charge in [-0.2, -0.15) is 0 Å². The Morgan fingerprint density at radius 3 is 2.26 bits per heavy atom. The Morgan fingerprint density at radius 2 is 1.65 bits per heavy atom. The lowest BCUT2D eigenvalue weighted by atomic mass is 10.1. The topological polar surface area (TPSA) is 100 Å². The summed E-state index contributed by atoms with van der Waals surface area (Å²) in [6, 6.07) is 14.8. The minimum atomic E-state index is -0.471. The molecule has 9 heteroatoms. The number of rotatable bonds is 6. The molecule has 0 radical (unpaired) electrons. The number of carbonyl (C=O) groups is 2. The number of carbonyl (C=O) groups excluding carboxylic acids is 2. The SMILES string of the molecule is CC(N)N(C)c1ccc(C(=O)Nc2ccc(Cl)cc2C(=O)Nc2ccc(Cl)cn2)cc1. The van der Waals surface area contributed by atoms with Crippen LogP contribution in [0.15, 0.2) is 60.8 Å². The van der Waals surface area contributed by atoms with Crippen molar-refractivity contribution in [3.05, 3.63) is 82.0 Å². The smallest absolute Gasteiger partial charge is 0.258 e. The molecule has 4 N–H and O–H groups in total. The zero-order valence-electron chi connectivity index (χ0n) is 16.9. The summed E-state index contributed by atoms with van der Waals surface area (Å²) in [6.45, 7) is 1.87. The molecule has 7 nitrogen and oxygen atoms in total. The second-order valence-corrected chi connectivity index (χ2v) is 7.73. The maximum atomic E-state index is 12.8. The fourth-order valence-corrected chi connectivity index (χ4v) is 3.01. The van der Waals surface area contributed by atoms with Gasteiger partial charge in [0.2, 0.25) is 0 Å². The average Bonchev–Trinajstić information content (AvgIpc) is 2.76. The van der Waals surface area contributed by atoms with Crippen molar-refractivity contribution in [2.45, 2.75) is 13.1 Å². The highest BCUT2D eigenvalue weighted by Gasteiger charge is 2.16. The minimum absolute atomic E-state index is 0.162. The van der Waals surface area contributed by atoms with Gasteiger partial charge in [0.1, 0.15) is 5.82 Å². The number of nitrogens with zero attached hydrogens (tertiary/aromatic N) is 2. The number of benzene rings is 2. The minimum Gasteiger partial charge on any atom is -0.360 e. The van der Waals surface area contributed by atoms with Gasteiger partial charge in [-0.3, -0.25) is 9.59 Å². The van der Waals surface area contributed by atoms with E-state index in [4.69, 9.17) is 28.9 Å². The van der Waals surface area contributed by atoms with Gasteiger partial charge in [0.25, 0.3) is 11.8 Å². The van der Waals surface area contributed by atoms with E-state index in [1.807, 2.05) is 18.9 Å². The molecule has 3 rings (SSSR count). The van der Waals surface area contributed by atoms with Crippen LogP contribution in [0.1, 0.15) is 27.6 Å². The van der Waals surface area contributed by atoms with Crippen molar-refractivity contribution >= 4 is 52.2 Å². The number of anilines is 3. The molecule has 1 atom stereocenters. The molecule has 2 amide bonds. The predicted octanol–water partition coefficient (Wildman–Crippen LogP) is 4.63. The Kier molecular flexibility index (Phi) is 7.12. The Hall–Kier alpha value is -3.13. The van der Waals surface area contributed by atoms with Gasteiger partial charge in [-0.05, 0) is 61.5 Å². The maximum absolute atomic E-state index is 12.8. The van der Waals surface area contributed by atoms with Crippen LogP contribution in [0.4, 0.5) is 17.2 Å². The Morgan fingerprint density at radius 1 is 0.968 bits per heavy atom. The first kappa shape index (κ1) is 22.6. The number of aromatic nitrogens is 1. The van der Waals surface area contributed by atoms with E-state index >= 15 is 0 Å². The molecule has 0 fully saturated rings. The van der Waals surface area contributed by atoms with Crippen LogP contribution in [-0.4, -0.2) is 30.0 Å². The summed E-state index contributed by atoms with van der Waals surface area (Å²) in [4.78, 5) is 31.4. The number of hydrogen-bond acceptors (Lipinski definition) is 5. The molecule has 1 unspecified atom stereocenters. The van der Waals surface area contributed by atoms with Crippen LogP contribution in [0.2, 0.25) is 10.0 Å². The third-order valence-electron chi connectivity index (χ3n) is 4.59. The average molecular weight is 458 g/mol. The first-order valence-electron chi connectivity index (χ1n) is 9.37. The second-order valence-electron chi connectivity index (χ2n) is 6.86. The molecule has 2 aromatic carbocycles. The number of nitrogens with one attached hydrogen (secondary N) is 2. The van der Waals surface area contributed by atoms with E-state index in [9.17, 15) is 9.59 Å². The quantitative estimate of drug-likeness (QED) is 0.468. The number of halogens is 2. The summed E-state index contributed by atoms with van der Waals surface area (Å²) < 4.78 is 0. The van der Waals surface area contributed by atoms with Crippen molar-refractivity contribution in [3.8, 4) is 0 Å². The molecule has 1 aromatic heterocycles. The summed E-state index contributed by atoms with van der Waals surface area (Å²) in [5.41, 5.74) is 7.71. The van der Waals surface area contributed by atoms with Crippen molar-refractivity contribution in [1.82, 2.24) is 4.98 Å². The Bertz CT molecular complexity index is 1090. The highest BCUT2D eigenvalue weighted by Crippen LogP contribution is 2.23. The number of pyridine rings is 1. The molecule has 0 aliphatic carbocycles. The summed E-state index contributed by atoms with van der Waals surface area (Å²) in [5, 5.41) is 6.23. The number of hydrogen-bond donors (Lipinski definition) is 3. The van der Waals surface area contributed by atoms with Crippen molar-refractivity contribution in [2.24, 2.45) is 5.73 Å². The lowest BCUT2D eigenvalue weighted by molar-refractivity contribution is 0.102. The molecule has 31 heavy (non-hydrogen) atoms. The fourth-order valence-electron chi connectivity index (χ4n) is 2.72. The van der Waals surface area contributed by atoms with Gasteiger partial charge in [-0.25, -0.2) is 4.98 Å². The number of nitrogens with two attached hydrogens (primary N) is 1. The molecule has 3 aromatic rings. The van der Waals surface area contributed by atoms with E-state index in [0.29, 0.717) is 27.1 Å². The van der Waals surface area contributed by atoms with Crippen LogP contribution in [0.3, 0.4) is 0 Å². The van der Waals surface area contributed by atoms with E-state index in [1.165, 1.54) is 12.3 Å². The van der Waals surface area contributed by atoms with Gasteiger partial charge in [0.05, 0.1) is 22.4 Å². The molecule has 0 aliphatic rings. The van der Waals surface area contributed by atoms with Crippen LogP contribution >= 0.6 is 23.2 Å². The zero-order chi connectivity index (χ0) is 22.5. The highest BCUT2D eigenvalue weighted by atomic mass is 35.5. The van der Waals surface area contributed by atoms with E-state index in [0.717, 1.165) is 5.69 Å². The summed E-state index contributed by atoms with van der Waals surface area (Å²) in [6.07, 6.45) is 1.26. The second kappa shape index (κ2) is 9.78. The van der Waals surface area contributed by atoms with Crippen molar-refractivity contribution in [2.75, 3.05) is 22.6 Å². The molecule has 0 saturated carbocycles. The van der Waals surface area contributed by atoms with Crippen LogP contribution in [0, 0.1) is 0 Å². The van der Waals surface area contributed by atoms with E-state index < -0.39 is 5.91 Å². The normalized spacial score (nSPS) is 11.5. The first-order chi connectivity index (χ1) is 14.7. The Labute approximate surface area is 190 Å². The number of amides is 2. The molecule has 1 heterocycles. The molecule has 0 saturated heterocycles. The zero-order valence-corrected chi connectivity index (χ0v) is 18.4. The maximum Gasteiger partial charge on any atom is 0.258 e. The molecule has 0 aliphatic heterocycles. The third-order valence-corrected chi connectivity index (χ3v) is 5.05. The van der Waals surface area contributed by atoms with Crippen LogP contribution < -0.4 is 21.3 Å². The summed E-state index contributed by atoms with van der Waals surface area (Å²) in [7, 11) is 1.87. The van der Waals surface area contributed by atoms with Gasteiger partial charge < -0.3 is 21.3 Å². The third kappa shape index (κ3) is 5.73. The van der Waals surface area contributed by atoms with Crippen molar-refractivity contribution < 1.29 is 9.59 Å². The van der Waals surface area contributed by atoms with Crippen LogP contribution in [0.25, 0.3) is 0 Å². The largest absolute Gasteiger partial charge is 0.360 e. The van der Waals surface area contributed by atoms with E-state index in [1.54, 1.807) is 48.5 Å². The first-order valence-corrected chi connectivity index (χ1v) is 10.1. The van der Waals surface area contributed by atoms with Crippen molar-refractivity contribution in [3.63, 3.8) is 0 Å². The van der Waals surface area contributed by atoms with Gasteiger partial charge in [-0.1, -0.05) is 23.2 Å². The highest BCUT2D eigenvalue weighted by molar-refractivity contribution is 6.31. The Balaban J connectivity index is 1.79. The monoisotopic (exact) mass is 457 g/mol.